The van der Waals surface area contributed by atoms with Gasteiger partial charge in [0, 0.05) is 42.3 Å². The monoisotopic (exact) mass is 289 g/mol. The Balaban J connectivity index is 2.27. The first-order chi connectivity index (χ1) is 10.1. The summed E-state index contributed by atoms with van der Waals surface area (Å²) < 4.78 is 0. The summed E-state index contributed by atoms with van der Waals surface area (Å²) in [5.41, 5.74) is 3.86. The van der Waals surface area contributed by atoms with Gasteiger partial charge in [0.15, 0.2) is 0 Å². The molecule has 1 aliphatic carbocycles. The Morgan fingerprint density at radius 3 is 2.67 bits per heavy atom. The molecule has 0 unspecified atom stereocenters. The van der Waals surface area contributed by atoms with Crippen LogP contribution in [0.1, 0.15) is 57.2 Å². The van der Waals surface area contributed by atoms with Crippen LogP contribution in [0.4, 0.5) is 5.69 Å². The zero-order chi connectivity index (χ0) is 15.2. The Morgan fingerprint density at radius 2 is 2.05 bits per heavy atom. The smallest absolute Gasteiger partial charge is 0.0448 e. The molecule has 1 aromatic heterocycles. The maximum Gasteiger partial charge on any atom is 0.0448 e. The molecule has 0 radical (unpaired) electrons. The normalized spacial score (nSPS) is 15.9. The molecule has 3 heteroatoms. The van der Waals surface area contributed by atoms with E-state index < -0.39 is 0 Å². The standard InChI is InChI=1S/C18H31N3/c1-14(2)9-10-21(17-7-5-6-8-17)18-11-15(3)20-13-16(18)12-19-4/h11,13-14,17,19H,5-10,12H2,1-4H3. The molecule has 1 saturated carbocycles. The van der Waals surface area contributed by atoms with E-state index in [0.717, 1.165) is 24.2 Å². The number of aromatic nitrogens is 1. The van der Waals surface area contributed by atoms with E-state index in [-0.39, 0.29) is 0 Å². The highest BCUT2D eigenvalue weighted by Crippen LogP contribution is 2.31. The molecule has 1 fully saturated rings. The van der Waals surface area contributed by atoms with Gasteiger partial charge in [0.25, 0.3) is 0 Å². The fraction of sp³-hybridized carbons (Fsp3) is 0.722. The van der Waals surface area contributed by atoms with E-state index >= 15 is 0 Å². The lowest BCUT2D eigenvalue weighted by Gasteiger charge is -2.33. The highest BCUT2D eigenvalue weighted by molar-refractivity contribution is 5.54. The van der Waals surface area contributed by atoms with Crippen LogP contribution in [0.3, 0.4) is 0 Å². The number of nitrogens with zero attached hydrogens (tertiary/aromatic N) is 2. The number of aryl methyl sites for hydroxylation is 1. The van der Waals surface area contributed by atoms with Crippen LogP contribution in [-0.2, 0) is 6.54 Å². The predicted octanol–water partition coefficient (Wildman–Crippen LogP) is 3.90. The van der Waals surface area contributed by atoms with Gasteiger partial charge in [0.05, 0.1) is 0 Å². The Kier molecular flexibility index (Phi) is 6.04. The van der Waals surface area contributed by atoms with Crippen LogP contribution in [0.15, 0.2) is 12.3 Å². The Morgan fingerprint density at radius 1 is 1.33 bits per heavy atom. The number of pyridine rings is 1. The van der Waals surface area contributed by atoms with Crippen molar-refractivity contribution in [1.82, 2.24) is 10.3 Å². The van der Waals surface area contributed by atoms with E-state index in [2.05, 4.69) is 48.2 Å². The Labute approximate surface area is 130 Å². The lowest BCUT2D eigenvalue weighted by atomic mass is 10.1. The number of anilines is 1. The third kappa shape index (κ3) is 4.44. The molecule has 0 aromatic carbocycles. The average molecular weight is 289 g/mol. The second-order valence-electron chi connectivity index (χ2n) is 6.80. The first-order valence-electron chi connectivity index (χ1n) is 8.48. The van der Waals surface area contributed by atoms with Crippen LogP contribution < -0.4 is 10.2 Å². The molecule has 1 aliphatic rings. The maximum atomic E-state index is 4.50. The van der Waals surface area contributed by atoms with E-state index in [0.29, 0.717) is 0 Å². The van der Waals surface area contributed by atoms with Gasteiger partial charge in [-0.25, -0.2) is 0 Å². The van der Waals surface area contributed by atoms with Gasteiger partial charge in [-0.2, -0.15) is 0 Å². The Hall–Kier alpha value is -1.09. The molecule has 1 heterocycles. The lowest BCUT2D eigenvalue weighted by molar-refractivity contribution is 0.526. The van der Waals surface area contributed by atoms with Gasteiger partial charge in [-0.1, -0.05) is 26.7 Å². The fourth-order valence-corrected chi connectivity index (χ4v) is 3.28. The lowest BCUT2D eigenvalue weighted by Crippen LogP contribution is -2.36. The van der Waals surface area contributed by atoms with Crippen LogP contribution in [-0.4, -0.2) is 24.6 Å². The van der Waals surface area contributed by atoms with Gasteiger partial charge in [-0.3, -0.25) is 4.98 Å². The van der Waals surface area contributed by atoms with Crippen LogP contribution in [0.25, 0.3) is 0 Å². The van der Waals surface area contributed by atoms with E-state index in [9.17, 15) is 0 Å². The molecule has 0 aliphatic heterocycles. The van der Waals surface area contributed by atoms with E-state index in [1.807, 2.05) is 7.05 Å². The third-order valence-electron chi connectivity index (χ3n) is 4.49. The van der Waals surface area contributed by atoms with Crippen molar-refractivity contribution in [3.63, 3.8) is 0 Å². The van der Waals surface area contributed by atoms with Crippen molar-refractivity contribution in [2.75, 3.05) is 18.5 Å². The van der Waals surface area contributed by atoms with Gasteiger partial charge in [0.1, 0.15) is 0 Å². The molecule has 0 saturated heterocycles. The quantitative estimate of drug-likeness (QED) is 0.825. The first kappa shape index (κ1) is 16.3. The van der Waals surface area contributed by atoms with Crippen molar-refractivity contribution in [2.24, 2.45) is 5.92 Å². The topological polar surface area (TPSA) is 28.2 Å². The molecular weight excluding hydrogens is 258 g/mol. The van der Waals surface area contributed by atoms with Crippen LogP contribution in [0, 0.1) is 12.8 Å². The number of hydrogen-bond donors (Lipinski definition) is 1. The summed E-state index contributed by atoms with van der Waals surface area (Å²) in [6, 6.07) is 3.01. The van der Waals surface area contributed by atoms with Gasteiger partial charge in [0.2, 0.25) is 0 Å². The summed E-state index contributed by atoms with van der Waals surface area (Å²) in [7, 11) is 2.01. The predicted molar refractivity (Wildman–Crippen MR) is 90.8 cm³/mol. The highest BCUT2D eigenvalue weighted by atomic mass is 15.2. The Bertz CT molecular complexity index is 436. The van der Waals surface area contributed by atoms with Crippen LogP contribution >= 0.6 is 0 Å². The van der Waals surface area contributed by atoms with Crippen molar-refractivity contribution in [3.05, 3.63) is 23.5 Å². The number of rotatable bonds is 7. The maximum absolute atomic E-state index is 4.50. The zero-order valence-corrected chi connectivity index (χ0v) is 14.2. The molecule has 21 heavy (non-hydrogen) atoms. The summed E-state index contributed by atoms with van der Waals surface area (Å²) >= 11 is 0. The highest BCUT2D eigenvalue weighted by Gasteiger charge is 2.24. The molecule has 0 spiro atoms. The van der Waals surface area contributed by atoms with Gasteiger partial charge in [-0.05, 0) is 45.2 Å². The minimum absolute atomic E-state index is 0.723. The minimum Gasteiger partial charge on any atom is -0.368 e. The molecule has 3 nitrogen and oxygen atoms in total. The van der Waals surface area contributed by atoms with Crippen molar-refractivity contribution >= 4 is 5.69 Å². The molecule has 0 atom stereocenters. The van der Waals surface area contributed by atoms with Crippen molar-refractivity contribution in [2.45, 2.75) is 65.5 Å². The fourth-order valence-electron chi connectivity index (χ4n) is 3.28. The van der Waals surface area contributed by atoms with Gasteiger partial charge in [-0.15, -0.1) is 0 Å². The molecule has 2 rings (SSSR count). The summed E-state index contributed by atoms with van der Waals surface area (Å²) in [5, 5.41) is 3.29. The molecule has 118 valence electrons. The minimum atomic E-state index is 0.723. The third-order valence-corrected chi connectivity index (χ3v) is 4.49. The summed E-state index contributed by atoms with van der Waals surface area (Å²) in [4.78, 5) is 7.17. The number of hydrogen-bond acceptors (Lipinski definition) is 3. The summed E-state index contributed by atoms with van der Waals surface area (Å²) in [6.07, 6.45) is 8.77. The van der Waals surface area contributed by atoms with E-state index in [4.69, 9.17) is 0 Å². The number of nitrogens with one attached hydrogen (secondary N) is 1. The summed E-state index contributed by atoms with van der Waals surface area (Å²) in [5.74, 6) is 0.754. The summed E-state index contributed by atoms with van der Waals surface area (Å²) in [6.45, 7) is 8.80. The molecule has 0 amide bonds. The largest absolute Gasteiger partial charge is 0.368 e. The van der Waals surface area contributed by atoms with Crippen molar-refractivity contribution < 1.29 is 0 Å². The molecule has 0 bridgehead atoms. The molecule has 1 N–H and O–H groups in total. The van der Waals surface area contributed by atoms with Crippen LogP contribution in [0.5, 0.6) is 0 Å². The SMILES string of the molecule is CNCc1cnc(C)cc1N(CCC(C)C)C1CCCC1. The van der Waals surface area contributed by atoms with E-state index in [1.54, 1.807) is 0 Å². The van der Waals surface area contributed by atoms with Gasteiger partial charge < -0.3 is 10.2 Å². The van der Waals surface area contributed by atoms with Crippen molar-refractivity contribution in [1.29, 1.82) is 0 Å². The van der Waals surface area contributed by atoms with Gasteiger partial charge >= 0.3 is 0 Å². The van der Waals surface area contributed by atoms with E-state index in [1.165, 1.54) is 49.9 Å². The van der Waals surface area contributed by atoms with Crippen molar-refractivity contribution in [3.8, 4) is 0 Å². The second kappa shape index (κ2) is 7.79. The molecule has 1 aromatic rings. The zero-order valence-electron chi connectivity index (χ0n) is 14.2. The first-order valence-corrected chi connectivity index (χ1v) is 8.48. The average Bonchev–Trinajstić information content (AvgIpc) is 2.96. The second-order valence-corrected chi connectivity index (χ2v) is 6.80. The molecular formula is C18H31N3. The van der Waals surface area contributed by atoms with Crippen LogP contribution in [0.2, 0.25) is 0 Å².